The molecule has 0 aromatic heterocycles. The Labute approximate surface area is 111 Å². The van der Waals surface area contributed by atoms with Gasteiger partial charge < -0.3 is 5.73 Å². The standard InChI is InChI=1S/C13H13FN2O2S/c1-16(12-7-5-11(15)6-8-12)19(17,18)13-4-2-3-10(14)9-13/h2-9H,15H2,1H3. The third kappa shape index (κ3) is 2.68. The lowest BCUT2D eigenvalue weighted by Gasteiger charge is -2.19. The maximum Gasteiger partial charge on any atom is 0.264 e. The van der Waals surface area contributed by atoms with E-state index in [1.165, 1.54) is 25.2 Å². The average molecular weight is 280 g/mol. The van der Waals surface area contributed by atoms with Crippen LogP contribution in [0.1, 0.15) is 0 Å². The third-order valence-electron chi connectivity index (χ3n) is 2.71. The van der Waals surface area contributed by atoms with Crippen LogP contribution in [0.4, 0.5) is 15.8 Å². The molecule has 0 saturated heterocycles. The van der Waals surface area contributed by atoms with Gasteiger partial charge in [-0.2, -0.15) is 0 Å². The summed E-state index contributed by atoms with van der Waals surface area (Å²) in [4.78, 5) is -0.0909. The van der Waals surface area contributed by atoms with Crippen molar-refractivity contribution in [3.05, 3.63) is 54.3 Å². The van der Waals surface area contributed by atoms with Gasteiger partial charge in [0, 0.05) is 12.7 Å². The SMILES string of the molecule is CN(c1ccc(N)cc1)S(=O)(=O)c1cccc(F)c1. The van der Waals surface area contributed by atoms with Crippen molar-refractivity contribution in [2.24, 2.45) is 0 Å². The van der Waals surface area contributed by atoms with Crippen LogP contribution in [0.25, 0.3) is 0 Å². The minimum atomic E-state index is -3.77. The number of nitrogens with zero attached hydrogens (tertiary/aromatic N) is 1. The molecule has 0 aliphatic heterocycles. The van der Waals surface area contributed by atoms with Gasteiger partial charge in [-0.05, 0) is 42.5 Å². The summed E-state index contributed by atoms with van der Waals surface area (Å²) in [6, 6.07) is 11.3. The van der Waals surface area contributed by atoms with Crippen molar-refractivity contribution in [2.75, 3.05) is 17.1 Å². The molecule has 0 radical (unpaired) electrons. The fraction of sp³-hybridized carbons (Fsp3) is 0.0769. The Balaban J connectivity index is 2.42. The first-order chi connectivity index (χ1) is 8.91. The zero-order chi connectivity index (χ0) is 14.0. The molecule has 2 N–H and O–H groups in total. The quantitative estimate of drug-likeness (QED) is 0.877. The molecule has 0 unspecified atom stereocenters. The lowest BCUT2D eigenvalue weighted by Crippen LogP contribution is -2.26. The second kappa shape index (κ2) is 4.89. The van der Waals surface area contributed by atoms with Crippen LogP contribution in [0.15, 0.2) is 53.4 Å². The van der Waals surface area contributed by atoms with Gasteiger partial charge in [-0.15, -0.1) is 0 Å². The molecular weight excluding hydrogens is 267 g/mol. The van der Waals surface area contributed by atoms with E-state index in [4.69, 9.17) is 5.73 Å². The highest BCUT2D eigenvalue weighted by Crippen LogP contribution is 2.23. The highest BCUT2D eigenvalue weighted by molar-refractivity contribution is 7.92. The Morgan fingerprint density at radius 2 is 1.74 bits per heavy atom. The molecule has 0 saturated carbocycles. The molecule has 2 rings (SSSR count). The van der Waals surface area contributed by atoms with E-state index in [0.29, 0.717) is 11.4 Å². The van der Waals surface area contributed by atoms with Gasteiger partial charge in [0.2, 0.25) is 0 Å². The van der Waals surface area contributed by atoms with Crippen molar-refractivity contribution in [3.8, 4) is 0 Å². The second-order valence-electron chi connectivity index (χ2n) is 4.02. The highest BCUT2D eigenvalue weighted by atomic mass is 32.2. The number of halogens is 1. The van der Waals surface area contributed by atoms with Crippen LogP contribution in [0, 0.1) is 5.82 Å². The van der Waals surface area contributed by atoms with Gasteiger partial charge >= 0.3 is 0 Å². The minimum Gasteiger partial charge on any atom is -0.399 e. The molecule has 0 bridgehead atoms. The summed E-state index contributed by atoms with van der Waals surface area (Å²) in [6.45, 7) is 0. The fourth-order valence-electron chi connectivity index (χ4n) is 1.61. The molecule has 0 aliphatic rings. The first-order valence-corrected chi connectivity index (χ1v) is 6.95. The number of hydrogen-bond acceptors (Lipinski definition) is 3. The first kappa shape index (κ1) is 13.4. The van der Waals surface area contributed by atoms with Crippen LogP contribution in [-0.4, -0.2) is 15.5 Å². The largest absolute Gasteiger partial charge is 0.399 e. The van der Waals surface area contributed by atoms with Crippen molar-refractivity contribution in [1.82, 2.24) is 0 Å². The zero-order valence-corrected chi connectivity index (χ0v) is 11.1. The molecule has 0 fully saturated rings. The Kier molecular flexibility index (Phi) is 3.44. The molecule has 0 amide bonds. The maximum atomic E-state index is 13.1. The van der Waals surface area contributed by atoms with Crippen molar-refractivity contribution in [1.29, 1.82) is 0 Å². The molecule has 0 spiro atoms. The van der Waals surface area contributed by atoms with Crippen LogP contribution in [0.5, 0.6) is 0 Å². The summed E-state index contributed by atoms with van der Waals surface area (Å²) in [5, 5.41) is 0. The van der Waals surface area contributed by atoms with Crippen molar-refractivity contribution in [3.63, 3.8) is 0 Å². The number of rotatable bonds is 3. The number of benzene rings is 2. The predicted molar refractivity (Wildman–Crippen MR) is 72.8 cm³/mol. The zero-order valence-electron chi connectivity index (χ0n) is 10.2. The van der Waals surface area contributed by atoms with Crippen molar-refractivity contribution in [2.45, 2.75) is 4.90 Å². The first-order valence-electron chi connectivity index (χ1n) is 5.51. The molecular formula is C13H13FN2O2S. The molecule has 0 heterocycles. The van der Waals surface area contributed by atoms with Crippen molar-refractivity contribution >= 4 is 21.4 Å². The lowest BCUT2D eigenvalue weighted by molar-refractivity contribution is 0.589. The lowest BCUT2D eigenvalue weighted by atomic mass is 10.3. The summed E-state index contributed by atoms with van der Waals surface area (Å²) in [7, 11) is -2.37. The molecule has 4 nitrogen and oxygen atoms in total. The number of nitrogen functional groups attached to an aromatic ring is 1. The average Bonchev–Trinajstić information content (AvgIpc) is 2.39. The third-order valence-corrected chi connectivity index (χ3v) is 4.49. The molecule has 19 heavy (non-hydrogen) atoms. The number of sulfonamides is 1. The summed E-state index contributed by atoms with van der Waals surface area (Å²) in [6.07, 6.45) is 0. The predicted octanol–water partition coefficient (Wildman–Crippen LogP) is 2.23. The molecule has 0 aliphatic carbocycles. The van der Waals surface area contributed by atoms with Gasteiger partial charge in [-0.1, -0.05) is 6.07 Å². The van der Waals surface area contributed by atoms with E-state index in [9.17, 15) is 12.8 Å². The minimum absolute atomic E-state index is 0.0909. The number of nitrogens with two attached hydrogens (primary N) is 1. The van der Waals surface area contributed by atoms with Crippen LogP contribution in [-0.2, 0) is 10.0 Å². The molecule has 100 valence electrons. The van der Waals surface area contributed by atoms with E-state index in [1.807, 2.05) is 0 Å². The second-order valence-corrected chi connectivity index (χ2v) is 5.99. The molecule has 2 aromatic rings. The van der Waals surface area contributed by atoms with E-state index >= 15 is 0 Å². The normalized spacial score (nSPS) is 11.3. The fourth-order valence-corrected chi connectivity index (χ4v) is 2.84. The molecule has 0 atom stereocenters. The van der Waals surface area contributed by atoms with Crippen LogP contribution >= 0.6 is 0 Å². The van der Waals surface area contributed by atoms with Gasteiger partial charge in [0.05, 0.1) is 10.6 Å². The van der Waals surface area contributed by atoms with E-state index in [0.717, 1.165) is 10.4 Å². The summed E-state index contributed by atoms with van der Waals surface area (Å²) in [5.74, 6) is -0.591. The molecule has 2 aromatic carbocycles. The Bertz CT molecular complexity index is 684. The Morgan fingerprint density at radius 3 is 2.32 bits per heavy atom. The van der Waals surface area contributed by atoms with E-state index in [-0.39, 0.29) is 4.90 Å². The highest BCUT2D eigenvalue weighted by Gasteiger charge is 2.21. The van der Waals surface area contributed by atoms with Gasteiger partial charge in [0.25, 0.3) is 10.0 Å². The van der Waals surface area contributed by atoms with Crippen LogP contribution < -0.4 is 10.0 Å². The topological polar surface area (TPSA) is 63.4 Å². The monoisotopic (exact) mass is 280 g/mol. The van der Waals surface area contributed by atoms with Gasteiger partial charge in [0.15, 0.2) is 0 Å². The maximum absolute atomic E-state index is 13.1. The number of hydrogen-bond donors (Lipinski definition) is 1. The van der Waals surface area contributed by atoms with Crippen LogP contribution in [0.2, 0.25) is 0 Å². The van der Waals surface area contributed by atoms with E-state index in [2.05, 4.69) is 0 Å². The van der Waals surface area contributed by atoms with Crippen LogP contribution in [0.3, 0.4) is 0 Å². The summed E-state index contributed by atoms with van der Waals surface area (Å²) in [5.41, 5.74) is 6.55. The summed E-state index contributed by atoms with van der Waals surface area (Å²) >= 11 is 0. The Morgan fingerprint density at radius 1 is 1.11 bits per heavy atom. The Hall–Kier alpha value is -2.08. The smallest absolute Gasteiger partial charge is 0.264 e. The summed E-state index contributed by atoms with van der Waals surface area (Å²) < 4.78 is 38.8. The van der Waals surface area contributed by atoms with Gasteiger partial charge in [-0.25, -0.2) is 12.8 Å². The van der Waals surface area contributed by atoms with E-state index < -0.39 is 15.8 Å². The van der Waals surface area contributed by atoms with Gasteiger partial charge in [0.1, 0.15) is 5.82 Å². The molecule has 6 heteroatoms. The van der Waals surface area contributed by atoms with Crippen molar-refractivity contribution < 1.29 is 12.8 Å². The number of anilines is 2. The van der Waals surface area contributed by atoms with E-state index in [1.54, 1.807) is 24.3 Å². The van der Waals surface area contributed by atoms with Gasteiger partial charge in [-0.3, -0.25) is 4.31 Å².